The molecule has 0 aliphatic rings. The summed E-state index contributed by atoms with van der Waals surface area (Å²) in [5.41, 5.74) is 8.27. The van der Waals surface area contributed by atoms with E-state index in [1.807, 2.05) is 72.8 Å². The third kappa shape index (κ3) is 5.35. The Balaban J connectivity index is 1.78. The fourth-order valence-corrected chi connectivity index (χ4v) is 3.15. The van der Waals surface area contributed by atoms with Gasteiger partial charge in [-0.25, -0.2) is 0 Å². The second kappa shape index (κ2) is 9.93. The average Bonchev–Trinajstić information content (AvgIpc) is 2.72. The normalized spacial score (nSPS) is 10.5. The predicted octanol–water partition coefficient (Wildman–Crippen LogP) is 4.52. The van der Waals surface area contributed by atoms with Crippen LogP contribution in [0, 0.1) is 0 Å². The van der Waals surface area contributed by atoms with Gasteiger partial charge in [0.15, 0.2) is 0 Å². The highest BCUT2D eigenvalue weighted by Crippen LogP contribution is 2.22. The molecular formula is C23H23ClN2O2. The number of hydrogen-bond acceptors (Lipinski definition) is 3. The monoisotopic (exact) mass is 394 g/mol. The van der Waals surface area contributed by atoms with Gasteiger partial charge in [-0.2, -0.15) is 0 Å². The van der Waals surface area contributed by atoms with Crippen LogP contribution < -0.4 is 10.5 Å². The van der Waals surface area contributed by atoms with E-state index in [4.69, 9.17) is 22.1 Å². The van der Waals surface area contributed by atoms with E-state index in [0.717, 1.165) is 11.1 Å². The van der Waals surface area contributed by atoms with E-state index in [0.29, 0.717) is 42.6 Å². The van der Waals surface area contributed by atoms with Crippen LogP contribution in [0.5, 0.6) is 5.75 Å². The SMILES string of the molecule is NCCN(Cc1cccc(Cl)c1)C(=O)c1ccccc1OCc1ccccc1. The van der Waals surface area contributed by atoms with Gasteiger partial charge in [-0.05, 0) is 35.4 Å². The fourth-order valence-electron chi connectivity index (χ4n) is 2.94. The summed E-state index contributed by atoms with van der Waals surface area (Å²) in [6, 6.07) is 24.6. The molecule has 2 N–H and O–H groups in total. The van der Waals surface area contributed by atoms with E-state index < -0.39 is 0 Å². The lowest BCUT2D eigenvalue weighted by Crippen LogP contribution is -2.35. The maximum Gasteiger partial charge on any atom is 0.257 e. The lowest BCUT2D eigenvalue weighted by atomic mass is 10.1. The fraction of sp³-hybridized carbons (Fsp3) is 0.174. The van der Waals surface area contributed by atoms with Crippen LogP contribution in [0.1, 0.15) is 21.5 Å². The minimum absolute atomic E-state index is 0.117. The number of carbonyl (C=O) groups is 1. The molecule has 0 bridgehead atoms. The molecule has 0 atom stereocenters. The van der Waals surface area contributed by atoms with Crippen molar-refractivity contribution in [2.75, 3.05) is 13.1 Å². The highest BCUT2D eigenvalue weighted by molar-refractivity contribution is 6.30. The van der Waals surface area contributed by atoms with Crippen molar-refractivity contribution in [3.63, 3.8) is 0 Å². The van der Waals surface area contributed by atoms with Crippen molar-refractivity contribution >= 4 is 17.5 Å². The van der Waals surface area contributed by atoms with Crippen molar-refractivity contribution in [3.05, 3.63) is 101 Å². The molecule has 4 nitrogen and oxygen atoms in total. The molecule has 0 fully saturated rings. The Morgan fingerprint density at radius 1 is 0.929 bits per heavy atom. The molecule has 0 spiro atoms. The molecule has 5 heteroatoms. The Hall–Kier alpha value is -2.82. The van der Waals surface area contributed by atoms with Crippen LogP contribution >= 0.6 is 11.6 Å². The summed E-state index contributed by atoms with van der Waals surface area (Å²) in [5, 5.41) is 0.643. The molecule has 1 amide bonds. The first-order chi connectivity index (χ1) is 13.7. The summed E-state index contributed by atoms with van der Waals surface area (Å²) in [7, 11) is 0. The average molecular weight is 395 g/mol. The molecule has 0 saturated heterocycles. The number of nitrogens with two attached hydrogens (primary N) is 1. The first kappa shape index (κ1) is 19.9. The number of amides is 1. The molecule has 0 unspecified atom stereocenters. The minimum atomic E-state index is -0.117. The maximum absolute atomic E-state index is 13.2. The number of ether oxygens (including phenoxy) is 1. The Labute approximate surface area is 170 Å². The third-order valence-corrected chi connectivity index (χ3v) is 4.54. The largest absolute Gasteiger partial charge is 0.488 e. The van der Waals surface area contributed by atoms with Crippen molar-refractivity contribution in [1.29, 1.82) is 0 Å². The molecule has 0 saturated carbocycles. The van der Waals surface area contributed by atoms with Gasteiger partial charge in [-0.15, -0.1) is 0 Å². The summed E-state index contributed by atoms with van der Waals surface area (Å²) in [6.45, 7) is 1.65. The van der Waals surface area contributed by atoms with Crippen LogP contribution in [0.4, 0.5) is 0 Å². The van der Waals surface area contributed by atoms with E-state index >= 15 is 0 Å². The van der Waals surface area contributed by atoms with Gasteiger partial charge in [0.05, 0.1) is 5.56 Å². The molecule has 3 aromatic rings. The van der Waals surface area contributed by atoms with Gasteiger partial charge >= 0.3 is 0 Å². The second-order valence-electron chi connectivity index (χ2n) is 6.42. The second-order valence-corrected chi connectivity index (χ2v) is 6.85. The zero-order chi connectivity index (χ0) is 19.8. The number of hydrogen-bond donors (Lipinski definition) is 1. The molecule has 0 aromatic heterocycles. The summed E-state index contributed by atoms with van der Waals surface area (Å²) in [6.07, 6.45) is 0. The number of nitrogens with zero attached hydrogens (tertiary/aromatic N) is 1. The van der Waals surface area contributed by atoms with Crippen LogP contribution in [0.2, 0.25) is 5.02 Å². The third-order valence-electron chi connectivity index (χ3n) is 4.30. The molecule has 3 rings (SSSR count). The summed E-state index contributed by atoms with van der Waals surface area (Å²) >= 11 is 6.08. The van der Waals surface area contributed by atoms with Crippen LogP contribution in [0.15, 0.2) is 78.9 Å². The summed E-state index contributed by atoms with van der Waals surface area (Å²) < 4.78 is 5.94. The van der Waals surface area contributed by atoms with Gasteiger partial charge in [0.25, 0.3) is 5.91 Å². The first-order valence-electron chi connectivity index (χ1n) is 9.17. The highest BCUT2D eigenvalue weighted by Gasteiger charge is 2.19. The first-order valence-corrected chi connectivity index (χ1v) is 9.54. The predicted molar refractivity (Wildman–Crippen MR) is 112 cm³/mol. The van der Waals surface area contributed by atoms with E-state index in [2.05, 4.69) is 0 Å². The quantitative estimate of drug-likeness (QED) is 0.611. The van der Waals surface area contributed by atoms with Gasteiger partial charge in [0.1, 0.15) is 12.4 Å². The zero-order valence-corrected chi connectivity index (χ0v) is 16.3. The number of carbonyl (C=O) groups excluding carboxylic acids is 1. The van der Waals surface area contributed by atoms with E-state index in [1.165, 1.54) is 0 Å². The lowest BCUT2D eigenvalue weighted by molar-refractivity contribution is 0.0743. The topological polar surface area (TPSA) is 55.6 Å². The van der Waals surface area contributed by atoms with Crippen LogP contribution in [-0.4, -0.2) is 23.9 Å². The van der Waals surface area contributed by atoms with E-state index in [-0.39, 0.29) is 5.91 Å². The zero-order valence-electron chi connectivity index (χ0n) is 15.6. The highest BCUT2D eigenvalue weighted by atomic mass is 35.5. The Morgan fingerprint density at radius 3 is 2.39 bits per heavy atom. The molecule has 0 aliphatic carbocycles. The van der Waals surface area contributed by atoms with E-state index in [9.17, 15) is 4.79 Å². The van der Waals surface area contributed by atoms with Crippen LogP contribution in [-0.2, 0) is 13.2 Å². The molecule has 0 radical (unpaired) electrons. The number of benzene rings is 3. The Bertz CT molecular complexity index is 915. The van der Waals surface area contributed by atoms with Crippen molar-refractivity contribution in [2.45, 2.75) is 13.2 Å². The van der Waals surface area contributed by atoms with Crippen molar-refractivity contribution in [2.24, 2.45) is 5.73 Å². The van der Waals surface area contributed by atoms with Gasteiger partial charge < -0.3 is 15.4 Å². The smallest absolute Gasteiger partial charge is 0.257 e. The molecule has 28 heavy (non-hydrogen) atoms. The maximum atomic E-state index is 13.2. The van der Waals surface area contributed by atoms with Crippen molar-refractivity contribution < 1.29 is 9.53 Å². The van der Waals surface area contributed by atoms with Gasteiger partial charge in [0, 0.05) is 24.7 Å². The summed E-state index contributed by atoms with van der Waals surface area (Å²) in [4.78, 5) is 14.9. The van der Waals surface area contributed by atoms with Crippen LogP contribution in [0.3, 0.4) is 0 Å². The van der Waals surface area contributed by atoms with Crippen LogP contribution in [0.25, 0.3) is 0 Å². The van der Waals surface area contributed by atoms with E-state index in [1.54, 1.807) is 11.0 Å². The molecule has 0 aliphatic heterocycles. The Kier molecular flexibility index (Phi) is 7.06. The van der Waals surface area contributed by atoms with Gasteiger partial charge in [-0.1, -0.05) is 66.2 Å². The van der Waals surface area contributed by atoms with Gasteiger partial charge in [0.2, 0.25) is 0 Å². The Morgan fingerprint density at radius 2 is 1.64 bits per heavy atom. The number of para-hydroxylation sites is 1. The molecule has 3 aromatic carbocycles. The van der Waals surface area contributed by atoms with Crippen molar-refractivity contribution in [1.82, 2.24) is 4.90 Å². The number of rotatable bonds is 8. The lowest BCUT2D eigenvalue weighted by Gasteiger charge is -2.23. The molecular weight excluding hydrogens is 372 g/mol. The molecule has 144 valence electrons. The van der Waals surface area contributed by atoms with Crippen molar-refractivity contribution in [3.8, 4) is 5.75 Å². The summed E-state index contributed by atoms with van der Waals surface area (Å²) in [5.74, 6) is 0.443. The number of halogens is 1. The van der Waals surface area contributed by atoms with Gasteiger partial charge in [-0.3, -0.25) is 4.79 Å². The standard InChI is InChI=1S/C23H23ClN2O2/c24-20-10-6-9-19(15-20)16-26(14-13-25)23(27)21-11-4-5-12-22(21)28-17-18-7-2-1-3-8-18/h1-12,15H,13-14,16-17,25H2. The molecule has 0 heterocycles. The minimum Gasteiger partial charge on any atom is -0.488 e.